The van der Waals surface area contributed by atoms with Gasteiger partial charge in [-0.1, -0.05) is 36.8 Å². The maximum Gasteiger partial charge on any atom is 0.00474 e. The average Bonchev–Trinajstić information content (AvgIpc) is 2.74. The van der Waals surface area contributed by atoms with Gasteiger partial charge < -0.3 is 5.32 Å². The molecule has 1 aromatic carbocycles. The first-order chi connectivity index (χ1) is 7.81. The van der Waals surface area contributed by atoms with Crippen molar-refractivity contribution in [3.63, 3.8) is 0 Å². The number of nitrogens with one attached hydrogen (secondary N) is 1. The van der Waals surface area contributed by atoms with Crippen molar-refractivity contribution in [2.45, 2.75) is 44.1 Å². The molecule has 3 rings (SSSR count). The fourth-order valence-corrected chi connectivity index (χ4v) is 3.94. The lowest BCUT2D eigenvalue weighted by Gasteiger charge is -2.43. The van der Waals surface area contributed by atoms with Gasteiger partial charge in [-0.25, -0.2) is 0 Å². The molecular formula is C15H21N. The first kappa shape index (κ1) is 10.3. The molecule has 1 heterocycles. The second-order valence-electron chi connectivity index (χ2n) is 5.62. The Morgan fingerprint density at radius 2 is 2.06 bits per heavy atom. The van der Waals surface area contributed by atoms with Gasteiger partial charge in [0.1, 0.15) is 0 Å². The molecule has 0 aromatic heterocycles. The second kappa shape index (κ2) is 3.89. The predicted molar refractivity (Wildman–Crippen MR) is 67.5 cm³/mol. The number of rotatable bonds is 1. The van der Waals surface area contributed by atoms with Crippen LogP contribution in [0.25, 0.3) is 0 Å². The minimum Gasteiger partial charge on any atom is -0.314 e. The summed E-state index contributed by atoms with van der Waals surface area (Å²) in [5, 5.41) is 3.65. The Bertz CT molecular complexity index is 359. The molecular weight excluding hydrogens is 194 g/mol. The second-order valence-corrected chi connectivity index (χ2v) is 5.62. The van der Waals surface area contributed by atoms with Crippen LogP contribution in [0.1, 0.15) is 38.2 Å². The van der Waals surface area contributed by atoms with Crippen LogP contribution in [0, 0.1) is 5.92 Å². The van der Waals surface area contributed by atoms with Gasteiger partial charge in [-0.2, -0.15) is 0 Å². The number of hydrogen-bond acceptors (Lipinski definition) is 1. The van der Waals surface area contributed by atoms with Crippen LogP contribution in [-0.2, 0) is 5.41 Å². The number of benzene rings is 1. The van der Waals surface area contributed by atoms with Crippen molar-refractivity contribution in [1.82, 2.24) is 5.32 Å². The molecule has 1 heteroatoms. The highest BCUT2D eigenvalue weighted by Gasteiger charge is 2.46. The zero-order chi connectivity index (χ0) is 11.0. The maximum absolute atomic E-state index is 3.65. The van der Waals surface area contributed by atoms with Crippen LogP contribution in [0.3, 0.4) is 0 Å². The van der Waals surface area contributed by atoms with Crippen LogP contribution in [0.5, 0.6) is 0 Å². The van der Waals surface area contributed by atoms with Gasteiger partial charge in [0.25, 0.3) is 0 Å². The van der Waals surface area contributed by atoms with Gasteiger partial charge in [0.2, 0.25) is 0 Å². The van der Waals surface area contributed by atoms with Gasteiger partial charge in [-0.15, -0.1) is 0 Å². The Hall–Kier alpha value is -0.820. The molecule has 1 saturated heterocycles. The Morgan fingerprint density at radius 3 is 2.88 bits per heavy atom. The third-order valence-corrected chi connectivity index (χ3v) is 4.69. The van der Waals surface area contributed by atoms with E-state index in [9.17, 15) is 0 Å². The van der Waals surface area contributed by atoms with E-state index in [4.69, 9.17) is 0 Å². The van der Waals surface area contributed by atoms with Crippen LogP contribution in [0.2, 0.25) is 0 Å². The highest BCUT2D eigenvalue weighted by atomic mass is 14.9. The minimum absolute atomic E-state index is 0.492. The van der Waals surface area contributed by atoms with E-state index in [1.807, 2.05) is 0 Å². The molecule has 0 radical (unpaired) electrons. The van der Waals surface area contributed by atoms with Gasteiger partial charge in [0.05, 0.1) is 0 Å². The lowest BCUT2D eigenvalue weighted by atomic mass is 9.66. The average molecular weight is 215 g/mol. The van der Waals surface area contributed by atoms with Gasteiger partial charge in [-0.3, -0.25) is 0 Å². The molecule has 3 atom stereocenters. The largest absolute Gasteiger partial charge is 0.314 e. The third-order valence-electron chi connectivity index (χ3n) is 4.69. The molecule has 86 valence electrons. The molecule has 1 aliphatic carbocycles. The van der Waals surface area contributed by atoms with E-state index in [-0.39, 0.29) is 0 Å². The van der Waals surface area contributed by atoms with Gasteiger partial charge in [0.15, 0.2) is 0 Å². The monoisotopic (exact) mass is 215 g/mol. The molecule has 1 aliphatic heterocycles. The topological polar surface area (TPSA) is 12.0 Å². The summed E-state index contributed by atoms with van der Waals surface area (Å²) in [7, 11) is 0. The molecule has 1 N–H and O–H groups in total. The van der Waals surface area contributed by atoms with Crippen molar-refractivity contribution in [2.75, 3.05) is 6.54 Å². The SMILES string of the molecule is CC1CC2(c3ccccc3)CCCC2CN1. The van der Waals surface area contributed by atoms with Crippen molar-refractivity contribution in [3.05, 3.63) is 35.9 Å². The van der Waals surface area contributed by atoms with E-state index in [0.717, 1.165) is 5.92 Å². The van der Waals surface area contributed by atoms with E-state index in [1.54, 1.807) is 5.56 Å². The van der Waals surface area contributed by atoms with Crippen molar-refractivity contribution < 1.29 is 0 Å². The fraction of sp³-hybridized carbons (Fsp3) is 0.600. The van der Waals surface area contributed by atoms with E-state index >= 15 is 0 Å². The molecule has 3 unspecified atom stereocenters. The summed E-state index contributed by atoms with van der Waals surface area (Å²) >= 11 is 0. The van der Waals surface area contributed by atoms with E-state index in [2.05, 4.69) is 42.6 Å². The lowest BCUT2D eigenvalue weighted by Crippen LogP contribution is -2.49. The zero-order valence-corrected chi connectivity index (χ0v) is 10.1. The van der Waals surface area contributed by atoms with Crippen LogP contribution in [0.4, 0.5) is 0 Å². The summed E-state index contributed by atoms with van der Waals surface area (Å²) in [6.07, 6.45) is 5.54. The summed E-state index contributed by atoms with van der Waals surface area (Å²) in [5.74, 6) is 0.867. The normalized spacial score (nSPS) is 38.3. The van der Waals surface area contributed by atoms with Crippen LogP contribution >= 0.6 is 0 Å². The van der Waals surface area contributed by atoms with Crippen LogP contribution in [-0.4, -0.2) is 12.6 Å². The highest BCUT2D eigenvalue weighted by Crippen LogP contribution is 2.50. The standard InChI is InChI=1S/C15H21N/c1-12-10-15(13-6-3-2-4-7-13)9-5-8-14(15)11-16-12/h2-4,6-7,12,14,16H,5,8-11H2,1H3. The van der Waals surface area contributed by atoms with Crippen molar-refractivity contribution >= 4 is 0 Å². The summed E-state index contributed by atoms with van der Waals surface area (Å²) in [5.41, 5.74) is 2.08. The molecule has 0 spiro atoms. The van der Waals surface area contributed by atoms with Gasteiger partial charge in [-0.05, 0) is 44.2 Å². The molecule has 0 bridgehead atoms. The van der Waals surface area contributed by atoms with Crippen molar-refractivity contribution in [1.29, 1.82) is 0 Å². The number of piperidine rings is 1. The van der Waals surface area contributed by atoms with Crippen molar-refractivity contribution in [2.24, 2.45) is 5.92 Å². The molecule has 16 heavy (non-hydrogen) atoms. The van der Waals surface area contributed by atoms with E-state index < -0.39 is 0 Å². The van der Waals surface area contributed by atoms with Gasteiger partial charge in [0, 0.05) is 11.5 Å². The molecule has 1 aromatic rings. The van der Waals surface area contributed by atoms with Crippen LogP contribution < -0.4 is 5.32 Å². The summed E-state index contributed by atoms with van der Waals surface area (Å²) in [6, 6.07) is 11.9. The van der Waals surface area contributed by atoms with Crippen molar-refractivity contribution in [3.8, 4) is 0 Å². The number of hydrogen-bond donors (Lipinski definition) is 1. The maximum atomic E-state index is 3.65. The van der Waals surface area contributed by atoms with Gasteiger partial charge >= 0.3 is 0 Å². The molecule has 2 fully saturated rings. The molecule has 1 saturated carbocycles. The Morgan fingerprint density at radius 1 is 1.25 bits per heavy atom. The smallest absolute Gasteiger partial charge is 0.00474 e. The molecule has 0 amide bonds. The number of fused-ring (bicyclic) bond motifs is 1. The third kappa shape index (κ3) is 1.49. The Balaban J connectivity index is 2.00. The van der Waals surface area contributed by atoms with Crippen LogP contribution in [0.15, 0.2) is 30.3 Å². The lowest BCUT2D eigenvalue weighted by molar-refractivity contribution is 0.200. The minimum atomic E-state index is 0.492. The highest BCUT2D eigenvalue weighted by molar-refractivity contribution is 5.29. The molecule has 2 aliphatic rings. The van der Waals surface area contributed by atoms with E-state index in [1.165, 1.54) is 32.2 Å². The first-order valence-electron chi connectivity index (χ1n) is 6.60. The fourth-order valence-electron chi connectivity index (χ4n) is 3.94. The molecule has 1 nitrogen and oxygen atoms in total. The Labute approximate surface area is 98.3 Å². The summed E-state index contributed by atoms with van der Waals surface area (Å²) in [4.78, 5) is 0. The van der Waals surface area contributed by atoms with E-state index in [0.29, 0.717) is 11.5 Å². The summed E-state index contributed by atoms with van der Waals surface area (Å²) < 4.78 is 0. The predicted octanol–water partition coefficient (Wildman–Crippen LogP) is 3.11. The quantitative estimate of drug-likeness (QED) is 0.759. The first-order valence-corrected chi connectivity index (χ1v) is 6.60. The Kier molecular flexibility index (Phi) is 2.51. The zero-order valence-electron chi connectivity index (χ0n) is 10.1. The summed E-state index contributed by atoms with van der Waals surface area (Å²) in [6.45, 7) is 3.55.